The molecule has 33 heavy (non-hydrogen) atoms. The summed E-state index contributed by atoms with van der Waals surface area (Å²) < 4.78 is 0. The van der Waals surface area contributed by atoms with Crippen molar-refractivity contribution in [1.29, 1.82) is 0 Å². The Labute approximate surface area is 210 Å². The van der Waals surface area contributed by atoms with E-state index in [1.54, 1.807) is 23.5 Å². The van der Waals surface area contributed by atoms with Gasteiger partial charge < -0.3 is 0 Å². The van der Waals surface area contributed by atoms with Gasteiger partial charge in [-0.05, 0) is 54.0 Å². The quantitative estimate of drug-likeness (QED) is 0.129. The normalized spacial score (nSPS) is 13.1. The number of carbonyl (C=O) groups excluding carboxylic acids is 1. The maximum absolute atomic E-state index is 12.0. The van der Waals surface area contributed by atoms with E-state index in [1.807, 2.05) is 60.7 Å². The van der Waals surface area contributed by atoms with Crippen molar-refractivity contribution in [3.63, 3.8) is 0 Å². The highest BCUT2D eigenvalue weighted by atomic mass is 32.2. The fourth-order valence-corrected chi connectivity index (χ4v) is 5.92. The fourth-order valence-electron chi connectivity index (χ4n) is 2.87. The minimum atomic E-state index is 0.0200. The molecule has 0 saturated carbocycles. The van der Waals surface area contributed by atoms with Crippen molar-refractivity contribution in [3.05, 3.63) is 124 Å². The van der Waals surface area contributed by atoms with E-state index in [0.29, 0.717) is 4.91 Å². The van der Waals surface area contributed by atoms with Crippen LogP contribution in [0.5, 0.6) is 0 Å². The van der Waals surface area contributed by atoms with E-state index < -0.39 is 0 Å². The molecule has 0 amide bonds. The smallest absolute Gasteiger partial charge is 0.156 e. The molecular weight excluding hydrogens is 461 g/mol. The third-order valence-corrected chi connectivity index (χ3v) is 7.11. The summed E-state index contributed by atoms with van der Waals surface area (Å²) in [6, 6.07) is 30.7. The molecule has 0 aliphatic rings. The number of hydrogen-bond donors (Lipinski definition) is 0. The number of hydrogen-bond acceptors (Lipinski definition) is 4. The monoisotopic (exact) mass is 488 g/mol. The van der Waals surface area contributed by atoms with E-state index in [4.69, 9.17) is 0 Å². The first-order valence-corrected chi connectivity index (χ1v) is 13.2. The van der Waals surface area contributed by atoms with Crippen molar-refractivity contribution in [2.45, 2.75) is 35.5 Å². The first kappa shape index (κ1) is 25.2. The maximum atomic E-state index is 12.0. The minimum Gasteiger partial charge on any atom is -0.297 e. The Bertz CT molecular complexity index is 1110. The van der Waals surface area contributed by atoms with E-state index in [9.17, 15) is 4.79 Å². The molecule has 3 aromatic carbocycles. The molecule has 3 aromatic rings. The van der Waals surface area contributed by atoms with Crippen molar-refractivity contribution in [1.82, 2.24) is 0 Å². The summed E-state index contributed by atoms with van der Waals surface area (Å²) in [6.07, 6.45) is 7.41. The molecule has 0 aliphatic heterocycles. The van der Waals surface area contributed by atoms with Crippen LogP contribution in [0.25, 0.3) is 0 Å². The lowest BCUT2D eigenvalue weighted by atomic mass is 9.96. The number of allylic oxidation sites excluding steroid dienone is 4. The second kappa shape index (κ2) is 12.7. The largest absolute Gasteiger partial charge is 0.297 e. The predicted octanol–water partition coefficient (Wildman–Crippen LogP) is 9.26. The van der Waals surface area contributed by atoms with Crippen LogP contribution in [-0.2, 0) is 4.79 Å². The molecule has 0 fully saturated rings. The summed E-state index contributed by atoms with van der Waals surface area (Å²) in [5.41, 5.74) is 0.0200. The molecule has 4 heteroatoms. The molecule has 3 rings (SSSR count). The van der Waals surface area contributed by atoms with Crippen LogP contribution in [-0.4, -0.2) is 6.29 Å². The highest BCUT2D eigenvalue weighted by molar-refractivity contribution is 8.05. The summed E-state index contributed by atoms with van der Waals surface area (Å²) in [5.74, 6) is 0. The molecule has 0 radical (unpaired) electrons. The van der Waals surface area contributed by atoms with Crippen molar-refractivity contribution in [3.8, 4) is 0 Å². The fraction of sp³-hybridized carbons (Fsp3) is 0.138. The van der Waals surface area contributed by atoms with E-state index in [2.05, 4.69) is 69.3 Å². The Hall–Kier alpha value is -2.40. The number of thioether (sulfide) groups is 3. The Morgan fingerprint density at radius 1 is 0.576 bits per heavy atom. The van der Waals surface area contributed by atoms with E-state index in [0.717, 1.165) is 25.9 Å². The summed E-state index contributed by atoms with van der Waals surface area (Å²) in [6.45, 7) is 6.61. The number of benzene rings is 3. The van der Waals surface area contributed by atoms with Gasteiger partial charge in [0.15, 0.2) is 6.29 Å². The lowest BCUT2D eigenvalue weighted by Gasteiger charge is -2.15. The zero-order chi connectivity index (χ0) is 23.5. The van der Waals surface area contributed by atoms with Crippen molar-refractivity contribution in [2.24, 2.45) is 5.41 Å². The average molecular weight is 489 g/mol. The van der Waals surface area contributed by atoms with Crippen molar-refractivity contribution >= 4 is 41.6 Å². The Morgan fingerprint density at radius 3 is 1.33 bits per heavy atom. The summed E-state index contributed by atoms with van der Waals surface area (Å²) in [7, 11) is 0. The summed E-state index contributed by atoms with van der Waals surface area (Å²) in [4.78, 5) is 18.2. The maximum Gasteiger partial charge on any atom is 0.156 e. The third kappa shape index (κ3) is 9.55. The van der Waals surface area contributed by atoms with E-state index in [1.165, 1.54) is 16.7 Å². The van der Waals surface area contributed by atoms with Crippen LogP contribution >= 0.6 is 35.3 Å². The molecule has 0 heterocycles. The summed E-state index contributed by atoms with van der Waals surface area (Å²) in [5, 5.41) is 0. The van der Waals surface area contributed by atoms with Gasteiger partial charge in [0.2, 0.25) is 0 Å². The van der Waals surface area contributed by atoms with Crippen molar-refractivity contribution in [2.75, 3.05) is 0 Å². The lowest BCUT2D eigenvalue weighted by Crippen LogP contribution is -2.00. The van der Waals surface area contributed by atoms with Crippen LogP contribution in [0.15, 0.2) is 139 Å². The van der Waals surface area contributed by atoms with E-state index in [-0.39, 0.29) is 5.41 Å². The van der Waals surface area contributed by atoms with Crippen LogP contribution in [0.4, 0.5) is 0 Å². The Balaban J connectivity index is 2.00. The predicted molar refractivity (Wildman–Crippen MR) is 147 cm³/mol. The van der Waals surface area contributed by atoms with Gasteiger partial charge >= 0.3 is 0 Å². The molecule has 0 saturated heterocycles. The highest BCUT2D eigenvalue weighted by Gasteiger charge is 2.11. The minimum absolute atomic E-state index is 0.0200. The Morgan fingerprint density at radius 2 is 0.939 bits per heavy atom. The highest BCUT2D eigenvalue weighted by Crippen LogP contribution is 2.37. The van der Waals surface area contributed by atoms with Gasteiger partial charge in [0.1, 0.15) is 0 Å². The SMILES string of the molecule is CC(C)(C)/C=C(/C=C(/C=C(/C=O)Sc1ccccc1)Sc1ccccc1)Sc1ccccc1. The topological polar surface area (TPSA) is 17.1 Å². The Kier molecular flexibility index (Phi) is 9.74. The van der Waals surface area contributed by atoms with Gasteiger partial charge in [-0.3, -0.25) is 4.79 Å². The van der Waals surface area contributed by atoms with Gasteiger partial charge in [0.05, 0.1) is 4.91 Å². The molecule has 0 spiro atoms. The molecule has 0 bridgehead atoms. The van der Waals surface area contributed by atoms with Crippen LogP contribution in [0.2, 0.25) is 0 Å². The third-order valence-electron chi connectivity index (χ3n) is 4.20. The molecular formula is C29H28OS3. The van der Waals surface area contributed by atoms with Crippen LogP contribution in [0.1, 0.15) is 20.8 Å². The number of aldehydes is 1. The lowest BCUT2D eigenvalue weighted by molar-refractivity contribution is -0.104. The van der Waals surface area contributed by atoms with Crippen LogP contribution < -0.4 is 0 Å². The van der Waals surface area contributed by atoms with E-state index >= 15 is 0 Å². The second-order valence-corrected chi connectivity index (χ2v) is 11.8. The zero-order valence-corrected chi connectivity index (χ0v) is 21.6. The number of carbonyl (C=O) groups is 1. The van der Waals surface area contributed by atoms with Crippen LogP contribution in [0.3, 0.4) is 0 Å². The molecule has 0 atom stereocenters. The van der Waals surface area contributed by atoms with Gasteiger partial charge in [-0.25, -0.2) is 0 Å². The second-order valence-electron chi connectivity index (χ2n) is 8.37. The standard InChI is InChI=1S/C29H28OS3/c1-29(2,3)21-27(32-24-15-9-5-10-16-24)19-26(31-23-13-7-4-8-14-23)20-28(22-30)33-25-17-11-6-12-18-25/h4-22H,1-3H3/b26-19-,27-21-,28-20-. The van der Waals surface area contributed by atoms with Gasteiger partial charge in [-0.15, -0.1) is 0 Å². The van der Waals surface area contributed by atoms with Crippen LogP contribution in [0, 0.1) is 5.41 Å². The number of rotatable bonds is 9. The summed E-state index contributed by atoms with van der Waals surface area (Å²) >= 11 is 4.89. The van der Waals surface area contributed by atoms with Crippen molar-refractivity contribution < 1.29 is 4.79 Å². The molecule has 168 valence electrons. The average Bonchev–Trinajstić information content (AvgIpc) is 2.79. The molecule has 0 unspecified atom stereocenters. The molecule has 0 N–H and O–H groups in total. The van der Waals surface area contributed by atoms with Gasteiger partial charge in [0, 0.05) is 24.5 Å². The molecule has 0 aliphatic carbocycles. The van der Waals surface area contributed by atoms with Gasteiger partial charge in [-0.1, -0.05) is 117 Å². The first-order valence-electron chi connectivity index (χ1n) is 10.7. The molecule has 1 nitrogen and oxygen atoms in total. The van der Waals surface area contributed by atoms with Gasteiger partial charge in [0.25, 0.3) is 0 Å². The molecule has 0 aromatic heterocycles. The zero-order valence-electron chi connectivity index (χ0n) is 19.1. The first-order chi connectivity index (χ1) is 15.9. The van der Waals surface area contributed by atoms with Gasteiger partial charge in [-0.2, -0.15) is 0 Å².